The first-order valence-corrected chi connectivity index (χ1v) is 9.03. The summed E-state index contributed by atoms with van der Waals surface area (Å²) in [6.45, 7) is 0.00220. The summed E-state index contributed by atoms with van der Waals surface area (Å²) in [6.07, 6.45) is 1.04. The quantitative estimate of drug-likeness (QED) is 0.863. The van der Waals surface area contributed by atoms with E-state index < -0.39 is 15.9 Å². The third kappa shape index (κ3) is 4.83. The number of rotatable bonds is 6. The van der Waals surface area contributed by atoms with Crippen molar-refractivity contribution in [1.82, 2.24) is 5.32 Å². The molecule has 0 fully saturated rings. The molecule has 0 spiro atoms. The number of nitrogens with zero attached hydrogens (tertiary/aromatic N) is 2. The van der Waals surface area contributed by atoms with Crippen LogP contribution >= 0.6 is 0 Å². The van der Waals surface area contributed by atoms with Crippen molar-refractivity contribution in [1.29, 1.82) is 5.26 Å². The SMILES string of the molecule is CS(=O)(=O)N(CC(=O)NCc1ccccc1)c1ccc(C#N)cc1. The van der Waals surface area contributed by atoms with Crippen LogP contribution in [0.25, 0.3) is 0 Å². The van der Waals surface area contributed by atoms with Crippen LogP contribution in [0.5, 0.6) is 0 Å². The third-order valence-corrected chi connectivity index (χ3v) is 4.45. The lowest BCUT2D eigenvalue weighted by Crippen LogP contribution is -2.40. The van der Waals surface area contributed by atoms with Gasteiger partial charge in [-0.05, 0) is 29.8 Å². The molecule has 0 aromatic heterocycles. The lowest BCUT2D eigenvalue weighted by Gasteiger charge is -2.22. The Hall–Kier alpha value is -2.85. The Morgan fingerprint density at radius 3 is 2.29 bits per heavy atom. The molecule has 1 amide bonds. The molecule has 0 unspecified atom stereocenters. The van der Waals surface area contributed by atoms with E-state index in [1.165, 1.54) is 24.3 Å². The van der Waals surface area contributed by atoms with Crippen molar-refractivity contribution in [3.63, 3.8) is 0 Å². The zero-order valence-corrected chi connectivity index (χ0v) is 14.0. The number of nitriles is 1. The first-order chi connectivity index (χ1) is 11.4. The summed E-state index contributed by atoms with van der Waals surface area (Å²) in [7, 11) is -3.63. The molecule has 2 aromatic carbocycles. The highest BCUT2D eigenvalue weighted by molar-refractivity contribution is 7.92. The Labute approximate surface area is 141 Å². The van der Waals surface area contributed by atoms with Gasteiger partial charge in [0, 0.05) is 6.54 Å². The molecule has 0 saturated heterocycles. The van der Waals surface area contributed by atoms with Crippen LogP contribution in [0.4, 0.5) is 5.69 Å². The van der Waals surface area contributed by atoms with E-state index in [1.54, 1.807) is 0 Å². The Kier molecular flexibility index (Phi) is 5.55. The average molecular weight is 343 g/mol. The highest BCUT2D eigenvalue weighted by Gasteiger charge is 2.20. The summed E-state index contributed by atoms with van der Waals surface area (Å²) in [5.74, 6) is -0.409. The van der Waals surface area contributed by atoms with Gasteiger partial charge in [0.15, 0.2) is 0 Å². The van der Waals surface area contributed by atoms with Crippen LogP contribution in [-0.4, -0.2) is 27.1 Å². The van der Waals surface area contributed by atoms with Crippen LogP contribution < -0.4 is 9.62 Å². The van der Waals surface area contributed by atoms with Gasteiger partial charge in [0.25, 0.3) is 0 Å². The summed E-state index contributed by atoms with van der Waals surface area (Å²) >= 11 is 0. The Balaban J connectivity index is 2.08. The predicted molar refractivity (Wildman–Crippen MR) is 91.6 cm³/mol. The summed E-state index contributed by atoms with van der Waals surface area (Å²) in [5, 5.41) is 11.5. The number of carbonyl (C=O) groups excluding carboxylic acids is 1. The highest BCUT2D eigenvalue weighted by atomic mass is 32.2. The van der Waals surface area contributed by atoms with Gasteiger partial charge in [-0.2, -0.15) is 5.26 Å². The number of benzene rings is 2. The summed E-state index contributed by atoms with van der Waals surface area (Å²) in [4.78, 5) is 12.1. The van der Waals surface area contributed by atoms with Gasteiger partial charge in [0.05, 0.1) is 23.6 Å². The van der Waals surface area contributed by atoms with Crippen molar-refractivity contribution in [3.05, 3.63) is 65.7 Å². The first-order valence-electron chi connectivity index (χ1n) is 7.18. The Morgan fingerprint density at radius 2 is 1.75 bits per heavy atom. The maximum atomic E-state index is 12.1. The smallest absolute Gasteiger partial charge is 0.241 e. The number of carbonyl (C=O) groups is 1. The minimum atomic E-state index is -3.63. The van der Waals surface area contributed by atoms with E-state index in [9.17, 15) is 13.2 Å². The van der Waals surface area contributed by atoms with Crippen LogP contribution in [0.3, 0.4) is 0 Å². The molecular formula is C17H17N3O3S. The van der Waals surface area contributed by atoms with Crippen molar-refractivity contribution in [2.45, 2.75) is 6.54 Å². The highest BCUT2D eigenvalue weighted by Crippen LogP contribution is 2.17. The Bertz CT molecular complexity index is 841. The van der Waals surface area contributed by atoms with Crippen LogP contribution in [-0.2, 0) is 21.4 Å². The van der Waals surface area contributed by atoms with E-state index in [2.05, 4.69) is 5.32 Å². The predicted octanol–water partition coefficient (Wildman–Crippen LogP) is 1.64. The zero-order valence-electron chi connectivity index (χ0n) is 13.1. The number of hydrogen-bond donors (Lipinski definition) is 1. The van der Waals surface area contributed by atoms with Gasteiger partial charge in [0.1, 0.15) is 6.54 Å². The normalized spacial score (nSPS) is 10.7. The van der Waals surface area contributed by atoms with Crippen molar-refractivity contribution >= 4 is 21.6 Å². The second-order valence-electron chi connectivity index (χ2n) is 5.19. The molecule has 0 aliphatic carbocycles. The van der Waals surface area contributed by atoms with Crippen LogP contribution in [0.2, 0.25) is 0 Å². The molecule has 0 radical (unpaired) electrons. The van der Waals surface area contributed by atoms with E-state index in [0.29, 0.717) is 17.8 Å². The van der Waals surface area contributed by atoms with E-state index in [1.807, 2.05) is 36.4 Å². The molecule has 7 heteroatoms. The molecule has 0 saturated carbocycles. The van der Waals surface area contributed by atoms with Crippen molar-refractivity contribution in [3.8, 4) is 6.07 Å². The number of nitrogens with one attached hydrogen (secondary N) is 1. The van der Waals surface area contributed by atoms with Crippen molar-refractivity contribution in [2.24, 2.45) is 0 Å². The molecule has 24 heavy (non-hydrogen) atoms. The van der Waals surface area contributed by atoms with E-state index in [0.717, 1.165) is 16.1 Å². The molecule has 0 aliphatic rings. The van der Waals surface area contributed by atoms with Gasteiger partial charge in [-0.1, -0.05) is 30.3 Å². The van der Waals surface area contributed by atoms with Crippen molar-refractivity contribution in [2.75, 3.05) is 17.1 Å². The van der Waals surface area contributed by atoms with Gasteiger partial charge in [-0.3, -0.25) is 9.10 Å². The molecule has 2 aromatic rings. The van der Waals surface area contributed by atoms with Crippen LogP contribution in [0, 0.1) is 11.3 Å². The molecule has 0 bridgehead atoms. The van der Waals surface area contributed by atoms with Crippen LogP contribution in [0.15, 0.2) is 54.6 Å². The standard InChI is InChI=1S/C17H17N3O3S/c1-24(22,23)20(16-9-7-14(11-18)8-10-16)13-17(21)19-12-15-5-3-2-4-6-15/h2-10H,12-13H2,1H3,(H,19,21). The van der Waals surface area contributed by atoms with Gasteiger partial charge in [-0.15, -0.1) is 0 Å². The molecule has 0 heterocycles. The molecule has 124 valence electrons. The summed E-state index contributed by atoms with van der Waals surface area (Å²) in [5.41, 5.74) is 1.68. The third-order valence-electron chi connectivity index (χ3n) is 3.30. The fourth-order valence-corrected chi connectivity index (χ4v) is 2.94. The number of anilines is 1. The minimum absolute atomic E-state index is 0.322. The molecular weight excluding hydrogens is 326 g/mol. The van der Waals surface area contributed by atoms with Gasteiger partial charge >= 0.3 is 0 Å². The largest absolute Gasteiger partial charge is 0.350 e. The molecule has 1 N–H and O–H groups in total. The van der Waals surface area contributed by atoms with E-state index >= 15 is 0 Å². The monoisotopic (exact) mass is 343 g/mol. The second-order valence-corrected chi connectivity index (χ2v) is 7.10. The fraction of sp³-hybridized carbons (Fsp3) is 0.176. The van der Waals surface area contributed by atoms with Crippen molar-refractivity contribution < 1.29 is 13.2 Å². The zero-order chi connectivity index (χ0) is 17.6. The fourth-order valence-electron chi connectivity index (χ4n) is 2.09. The second kappa shape index (κ2) is 7.62. The topological polar surface area (TPSA) is 90.3 Å². The molecule has 6 nitrogen and oxygen atoms in total. The summed E-state index contributed by atoms with van der Waals surface area (Å²) in [6, 6.07) is 17.3. The maximum Gasteiger partial charge on any atom is 0.241 e. The van der Waals surface area contributed by atoms with E-state index in [4.69, 9.17) is 5.26 Å². The number of hydrogen-bond acceptors (Lipinski definition) is 4. The van der Waals surface area contributed by atoms with Gasteiger partial charge < -0.3 is 5.32 Å². The minimum Gasteiger partial charge on any atom is -0.350 e. The average Bonchev–Trinajstić information content (AvgIpc) is 2.58. The molecule has 0 atom stereocenters. The maximum absolute atomic E-state index is 12.1. The number of sulfonamides is 1. The number of amides is 1. The first kappa shape index (κ1) is 17.5. The summed E-state index contributed by atoms with van der Waals surface area (Å²) < 4.78 is 25.0. The van der Waals surface area contributed by atoms with E-state index in [-0.39, 0.29) is 6.54 Å². The Morgan fingerprint density at radius 1 is 1.12 bits per heavy atom. The molecule has 2 rings (SSSR count). The lowest BCUT2D eigenvalue weighted by molar-refractivity contribution is -0.119. The van der Waals surface area contributed by atoms with Crippen LogP contribution in [0.1, 0.15) is 11.1 Å². The van der Waals surface area contributed by atoms with Gasteiger partial charge in [0.2, 0.25) is 15.9 Å². The molecule has 0 aliphatic heterocycles. The lowest BCUT2D eigenvalue weighted by atomic mass is 10.2. The van der Waals surface area contributed by atoms with Gasteiger partial charge in [-0.25, -0.2) is 8.42 Å².